The molecule has 3 nitrogen and oxygen atoms in total. The van der Waals surface area contributed by atoms with Crippen molar-refractivity contribution in [3.8, 4) is 0 Å². The normalized spacial score (nSPS) is 10.4. The quantitative estimate of drug-likeness (QED) is 0.878. The molecule has 0 fully saturated rings. The first-order valence-electron chi connectivity index (χ1n) is 4.94. The lowest BCUT2D eigenvalue weighted by Crippen LogP contribution is -2.17. The topological polar surface area (TPSA) is 42.4 Å². The minimum absolute atomic E-state index is 0.764. The standard InChI is InChI=1S/C12H13BrN2O/c1-15(7-9-4-5-16-8-9)12-3-2-10(13)6-11(12)14/h2-6,8H,7,14H2,1H3. The summed E-state index contributed by atoms with van der Waals surface area (Å²) in [4.78, 5) is 2.09. The van der Waals surface area contributed by atoms with Gasteiger partial charge in [0, 0.05) is 23.6 Å². The Morgan fingerprint density at radius 2 is 2.19 bits per heavy atom. The first-order valence-corrected chi connectivity index (χ1v) is 5.73. The molecule has 0 unspecified atom stereocenters. The monoisotopic (exact) mass is 280 g/mol. The number of rotatable bonds is 3. The van der Waals surface area contributed by atoms with E-state index in [0.29, 0.717) is 0 Å². The second-order valence-electron chi connectivity index (χ2n) is 3.69. The third-order valence-electron chi connectivity index (χ3n) is 2.40. The lowest BCUT2D eigenvalue weighted by Gasteiger charge is -2.20. The molecule has 0 bridgehead atoms. The first-order chi connectivity index (χ1) is 7.66. The van der Waals surface area contributed by atoms with E-state index in [4.69, 9.17) is 10.2 Å². The van der Waals surface area contributed by atoms with Gasteiger partial charge in [0.25, 0.3) is 0 Å². The highest BCUT2D eigenvalue weighted by atomic mass is 79.9. The van der Waals surface area contributed by atoms with Gasteiger partial charge in [-0.05, 0) is 24.3 Å². The maximum atomic E-state index is 5.96. The average molecular weight is 281 g/mol. The largest absolute Gasteiger partial charge is 0.472 e. The zero-order valence-corrected chi connectivity index (χ0v) is 10.6. The van der Waals surface area contributed by atoms with Gasteiger partial charge in [0.05, 0.1) is 23.9 Å². The minimum Gasteiger partial charge on any atom is -0.472 e. The lowest BCUT2D eigenvalue weighted by molar-refractivity contribution is 0.563. The molecule has 0 saturated heterocycles. The van der Waals surface area contributed by atoms with E-state index in [1.807, 2.05) is 31.3 Å². The number of furan rings is 1. The number of halogens is 1. The second-order valence-corrected chi connectivity index (χ2v) is 4.61. The van der Waals surface area contributed by atoms with E-state index in [0.717, 1.165) is 28.0 Å². The van der Waals surface area contributed by atoms with Gasteiger partial charge in [0.15, 0.2) is 0 Å². The Kier molecular flexibility index (Phi) is 3.19. The van der Waals surface area contributed by atoms with Crippen LogP contribution in [-0.2, 0) is 6.54 Å². The molecule has 2 N–H and O–H groups in total. The maximum absolute atomic E-state index is 5.96. The summed E-state index contributed by atoms with van der Waals surface area (Å²) in [5, 5.41) is 0. The number of anilines is 2. The second kappa shape index (κ2) is 4.61. The molecule has 16 heavy (non-hydrogen) atoms. The number of hydrogen-bond acceptors (Lipinski definition) is 3. The molecule has 1 aromatic heterocycles. The number of hydrogen-bond donors (Lipinski definition) is 1. The van der Waals surface area contributed by atoms with E-state index in [2.05, 4.69) is 20.8 Å². The predicted octanol–water partition coefficient (Wildman–Crippen LogP) is 3.26. The zero-order chi connectivity index (χ0) is 11.5. The van der Waals surface area contributed by atoms with Crippen molar-refractivity contribution in [2.75, 3.05) is 17.7 Å². The molecule has 0 saturated carbocycles. The van der Waals surface area contributed by atoms with Crippen LogP contribution in [0.4, 0.5) is 11.4 Å². The zero-order valence-electron chi connectivity index (χ0n) is 8.98. The van der Waals surface area contributed by atoms with Crippen molar-refractivity contribution >= 4 is 27.3 Å². The summed E-state index contributed by atoms with van der Waals surface area (Å²) in [5.74, 6) is 0. The van der Waals surface area contributed by atoms with Gasteiger partial charge in [0.2, 0.25) is 0 Å². The van der Waals surface area contributed by atoms with Crippen LogP contribution in [0.5, 0.6) is 0 Å². The van der Waals surface area contributed by atoms with Crippen molar-refractivity contribution in [2.45, 2.75) is 6.54 Å². The predicted molar refractivity (Wildman–Crippen MR) is 69.4 cm³/mol. The van der Waals surface area contributed by atoms with Crippen molar-refractivity contribution in [2.24, 2.45) is 0 Å². The number of nitrogen functional groups attached to an aromatic ring is 1. The molecule has 0 aliphatic rings. The molecule has 0 spiro atoms. The fourth-order valence-electron chi connectivity index (χ4n) is 1.61. The van der Waals surface area contributed by atoms with E-state index in [9.17, 15) is 0 Å². The Bertz CT molecular complexity index is 468. The molecule has 0 amide bonds. The van der Waals surface area contributed by atoms with Crippen molar-refractivity contribution in [3.63, 3.8) is 0 Å². The summed E-state index contributed by atoms with van der Waals surface area (Å²) < 4.78 is 6.03. The third-order valence-corrected chi connectivity index (χ3v) is 2.89. The Labute approximate surface area is 103 Å². The van der Waals surface area contributed by atoms with Gasteiger partial charge in [-0.2, -0.15) is 0 Å². The van der Waals surface area contributed by atoms with Crippen molar-refractivity contribution in [3.05, 3.63) is 46.8 Å². The maximum Gasteiger partial charge on any atom is 0.0952 e. The molecule has 0 radical (unpaired) electrons. The lowest BCUT2D eigenvalue weighted by atomic mass is 10.2. The Balaban J connectivity index is 2.17. The van der Waals surface area contributed by atoms with Crippen LogP contribution in [0.1, 0.15) is 5.56 Å². The molecule has 2 aromatic rings. The summed E-state index contributed by atoms with van der Waals surface area (Å²) in [6.45, 7) is 0.780. The van der Waals surface area contributed by atoms with E-state index in [1.165, 1.54) is 0 Å². The highest BCUT2D eigenvalue weighted by Crippen LogP contribution is 2.26. The Morgan fingerprint density at radius 3 is 2.81 bits per heavy atom. The summed E-state index contributed by atoms with van der Waals surface area (Å²) >= 11 is 3.39. The van der Waals surface area contributed by atoms with Crippen LogP contribution >= 0.6 is 15.9 Å². The fraction of sp³-hybridized carbons (Fsp3) is 0.167. The average Bonchev–Trinajstić information content (AvgIpc) is 2.70. The van der Waals surface area contributed by atoms with Crippen LogP contribution in [0.2, 0.25) is 0 Å². The van der Waals surface area contributed by atoms with Gasteiger partial charge in [-0.1, -0.05) is 15.9 Å². The van der Waals surface area contributed by atoms with E-state index < -0.39 is 0 Å². The van der Waals surface area contributed by atoms with Gasteiger partial charge in [-0.15, -0.1) is 0 Å². The van der Waals surface area contributed by atoms with Gasteiger partial charge in [0.1, 0.15) is 0 Å². The Hall–Kier alpha value is -1.42. The molecular weight excluding hydrogens is 268 g/mol. The molecule has 84 valence electrons. The van der Waals surface area contributed by atoms with Crippen LogP contribution in [0.25, 0.3) is 0 Å². The first kappa shape index (κ1) is 11.1. The van der Waals surface area contributed by atoms with Crippen LogP contribution in [0.3, 0.4) is 0 Å². The van der Waals surface area contributed by atoms with E-state index >= 15 is 0 Å². The van der Waals surface area contributed by atoms with E-state index in [-0.39, 0.29) is 0 Å². The van der Waals surface area contributed by atoms with Crippen molar-refractivity contribution < 1.29 is 4.42 Å². The molecular formula is C12H13BrN2O. The van der Waals surface area contributed by atoms with Gasteiger partial charge >= 0.3 is 0 Å². The third kappa shape index (κ3) is 2.39. The molecule has 0 aliphatic heterocycles. The molecule has 1 heterocycles. The SMILES string of the molecule is CN(Cc1ccoc1)c1ccc(Br)cc1N. The fourth-order valence-corrected chi connectivity index (χ4v) is 1.99. The van der Waals surface area contributed by atoms with Crippen LogP contribution in [0, 0.1) is 0 Å². The molecule has 2 rings (SSSR count). The molecule has 0 atom stereocenters. The van der Waals surface area contributed by atoms with Crippen LogP contribution in [-0.4, -0.2) is 7.05 Å². The smallest absolute Gasteiger partial charge is 0.0952 e. The van der Waals surface area contributed by atoms with Gasteiger partial charge < -0.3 is 15.1 Å². The molecule has 4 heteroatoms. The van der Waals surface area contributed by atoms with Gasteiger partial charge in [-0.3, -0.25) is 0 Å². The van der Waals surface area contributed by atoms with Gasteiger partial charge in [-0.25, -0.2) is 0 Å². The summed E-state index contributed by atoms with van der Waals surface area (Å²) in [5.41, 5.74) is 8.87. The Morgan fingerprint density at radius 1 is 1.38 bits per heavy atom. The van der Waals surface area contributed by atoms with Crippen LogP contribution in [0.15, 0.2) is 45.7 Å². The van der Waals surface area contributed by atoms with Crippen LogP contribution < -0.4 is 10.6 Å². The van der Waals surface area contributed by atoms with E-state index in [1.54, 1.807) is 12.5 Å². The number of benzene rings is 1. The number of nitrogens with two attached hydrogens (primary N) is 1. The van der Waals surface area contributed by atoms with Crippen molar-refractivity contribution in [1.82, 2.24) is 0 Å². The highest BCUT2D eigenvalue weighted by molar-refractivity contribution is 9.10. The minimum atomic E-state index is 0.764. The molecule has 1 aromatic carbocycles. The number of nitrogens with zero attached hydrogens (tertiary/aromatic N) is 1. The summed E-state index contributed by atoms with van der Waals surface area (Å²) in [6, 6.07) is 7.84. The molecule has 0 aliphatic carbocycles. The highest BCUT2D eigenvalue weighted by Gasteiger charge is 2.06. The summed E-state index contributed by atoms with van der Waals surface area (Å²) in [7, 11) is 2.01. The van der Waals surface area contributed by atoms with Crippen molar-refractivity contribution in [1.29, 1.82) is 0 Å². The summed E-state index contributed by atoms with van der Waals surface area (Å²) in [6.07, 6.45) is 3.42.